The number of ether oxygens (including phenoxy) is 1. The van der Waals surface area contributed by atoms with Gasteiger partial charge in [-0.2, -0.15) is 0 Å². The van der Waals surface area contributed by atoms with Gasteiger partial charge in [0.2, 0.25) is 0 Å². The van der Waals surface area contributed by atoms with Crippen molar-refractivity contribution in [2.75, 3.05) is 13.2 Å². The maximum absolute atomic E-state index is 8.97. The van der Waals surface area contributed by atoms with Crippen molar-refractivity contribution in [3.05, 3.63) is 18.5 Å². The maximum Gasteiger partial charge on any atom is 0.316 e. The number of aliphatic hydroxyl groups excluding tert-OH is 2. The summed E-state index contributed by atoms with van der Waals surface area (Å²) in [6.07, 6.45) is 2.79. The molecule has 0 aliphatic heterocycles. The molecule has 13 heavy (non-hydrogen) atoms. The van der Waals surface area contributed by atoms with E-state index in [1.165, 1.54) is 0 Å². The second-order valence-corrected chi connectivity index (χ2v) is 2.50. The third kappa shape index (κ3) is 3.82. The molecule has 1 aromatic heterocycles. The Bertz CT molecular complexity index is 230. The van der Waals surface area contributed by atoms with E-state index in [-0.39, 0.29) is 12.6 Å². The van der Waals surface area contributed by atoms with Crippen LogP contribution in [0, 0.1) is 0 Å². The molecule has 0 unspecified atom stereocenters. The number of rotatable bonds is 5. The van der Waals surface area contributed by atoms with E-state index in [1.54, 1.807) is 18.5 Å². The van der Waals surface area contributed by atoms with Crippen molar-refractivity contribution in [3.63, 3.8) is 0 Å². The minimum atomic E-state index is -0.733. The van der Waals surface area contributed by atoms with Gasteiger partial charge in [0.25, 0.3) is 0 Å². The molecule has 1 aromatic rings. The maximum atomic E-state index is 8.97. The van der Waals surface area contributed by atoms with E-state index in [2.05, 4.69) is 9.97 Å². The summed E-state index contributed by atoms with van der Waals surface area (Å²) in [7, 11) is 0. The monoisotopic (exact) mass is 184 g/mol. The van der Waals surface area contributed by atoms with Gasteiger partial charge in [-0.15, -0.1) is 0 Å². The SMILES string of the molecule is OC[C@H](O)CCOc1ncccn1. The first-order valence-corrected chi connectivity index (χ1v) is 4.01. The average Bonchev–Trinajstić information content (AvgIpc) is 2.19. The van der Waals surface area contributed by atoms with Gasteiger partial charge >= 0.3 is 6.01 Å². The lowest BCUT2D eigenvalue weighted by atomic mass is 10.3. The van der Waals surface area contributed by atoms with Gasteiger partial charge in [-0.1, -0.05) is 0 Å². The summed E-state index contributed by atoms with van der Waals surface area (Å²) in [5, 5.41) is 17.5. The van der Waals surface area contributed by atoms with Crippen molar-refractivity contribution in [2.24, 2.45) is 0 Å². The van der Waals surface area contributed by atoms with Crippen LogP contribution >= 0.6 is 0 Å². The van der Waals surface area contributed by atoms with Gasteiger partial charge in [-0.05, 0) is 6.07 Å². The number of hydrogen-bond acceptors (Lipinski definition) is 5. The zero-order valence-electron chi connectivity index (χ0n) is 7.13. The van der Waals surface area contributed by atoms with E-state index in [9.17, 15) is 0 Å². The highest BCUT2D eigenvalue weighted by Crippen LogP contribution is 1.99. The molecule has 2 N–H and O–H groups in total. The Morgan fingerprint density at radius 3 is 2.69 bits per heavy atom. The molecule has 0 saturated carbocycles. The molecule has 0 aliphatic carbocycles. The molecule has 0 spiro atoms. The Hall–Kier alpha value is -1.20. The van der Waals surface area contributed by atoms with Crippen LogP contribution in [-0.4, -0.2) is 39.5 Å². The molecule has 5 nitrogen and oxygen atoms in total. The van der Waals surface area contributed by atoms with Crippen molar-refractivity contribution >= 4 is 0 Å². The van der Waals surface area contributed by atoms with Crippen molar-refractivity contribution in [1.29, 1.82) is 0 Å². The molecule has 0 aliphatic rings. The lowest BCUT2D eigenvalue weighted by molar-refractivity contribution is 0.0741. The van der Waals surface area contributed by atoms with E-state index in [4.69, 9.17) is 14.9 Å². The lowest BCUT2D eigenvalue weighted by Crippen LogP contribution is -2.16. The van der Waals surface area contributed by atoms with E-state index < -0.39 is 6.10 Å². The van der Waals surface area contributed by atoms with Crippen LogP contribution in [0.2, 0.25) is 0 Å². The highest BCUT2D eigenvalue weighted by Gasteiger charge is 2.02. The van der Waals surface area contributed by atoms with Gasteiger partial charge in [0, 0.05) is 18.8 Å². The van der Waals surface area contributed by atoms with Gasteiger partial charge in [0.1, 0.15) is 0 Å². The molecule has 0 saturated heterocycles. The minimum absolute atomic E-state index is 0.251. The second kappa shape index (κ2) is 5.45. The van der Waals surface area contributed by atoms with Gasteiger partial charge in [0.05, 0.1) is 19.3 Å². The smallest absolute Gasteiger partial charge is 0.316 e. The molecule has 0 bridgehead atoms. The lowest BCUT2D eigenvalue weighted by Gasteiger charge is -2.06. The summed E-state index contributed by atoms with van der Waals surface area (Å²) in [4.78, 5) is 7.65. The number of hydrogen-bond donors (Lipinski definition) is 2. The standard InChI is InChI=1S/C8H12N2O3/c11-6-7(12)2-5-13-8-9-3-1-4-10-8/h1,3-4,7,11-12H,2,5-6H2/t7-/m1/s1. The highest BCUT2D eigenvalue weighted by atomic mass is 16.5. The summed E-state index contributed by atoms with van der Waals surface area (Å²) in [6, 6.07) is 1.97. The molecule has 0 radical (unpaired) electrons. The van der Waals surface area contributed by atoms with Crippen LogP contribution < -0.4 is 4.74 Å². The number of aromatic nitrogens is 2. The fourth-order valence-electron chi connectivity index (χ4n) is 0.737. The normalized spacial score (nSPS) is 12.5. The third-order valence-corrected chi connectivity index (χ3v) is 1.44. The zero-order chi connectivity index (χ0) is 9.52. The Balaban J connectivity index is 2.20. The minimum Gasteiger partial charge on any atom is -0.463 e. The molecule has 5 heteroatoms. The first-order chi connectivity index (χ1) is 6.33. The highest BCUT2D eigenvalue weighted by molar-refractivity contribution is 4.92. The topological polar surface area (TPSA) is 75.5 Å². The molecular weight excluding hydrogens is 172 g/mol. The van der Waals surface area contributed by atoms with Crippen LogP contribution in [-0.2, 0) is 0 Å². The third-order valence-electron chi connectivity index (χ3n) is 1.44. The Labute approximate surface area is 76.0 Å². The van der Waals surface area contributed by atoms with Gasteiger partial charge < -0.3 is 14.9 Å². The molecule has 0 amide bonds. The quantitative estimate of drug-likeness (QED) is 0.651. The van der Waals surface area contributed by atoms with Gasteiger partial charge in [0.15, 0.2) is 0 Å². The molecule has 1 atom stereocenters. The summed E-state index contributed by atoms with van der Waals surface area (Å²) in [6.45, 7) is 0.0464. The van der Waals surface area contributed by atoms with Crippen LogP contribution in [0.25, 0.3) is 0 Å². The zero-order valence-corrected chi connectivity index (χ0v) is 7.13. The van der Waals surface area contributed by atoms with Crippen molar-refractivity contribution in [2.45, 2.75) is 12.5 Å². The largest absolute Gasteiger partial charge is 0.463 e. The number of aliphatic hydroxyl groups is 2. The summed E-state index contributed by atoms with van der Waals surface area (Å²) >= 11 is 0. The van der Waals surface area contributed by atoms with Crippen LogP contribution in [0.15, 0.2) is 18.5 Å². The molecule has 1 heterocycles. The second-order valence-electron chi connectivity index (χ2n) is 2.50. The molecular formula is C8H12N2O3. The van der Waals surface area contributed by atoms with Crippen molar-refractivity contribution in [3.8, 4) is 6.01 Å². The van der Waals surface area contributed by atoms with E-state index >= 15 is 0 Å². The molecule has 72 valence electrons. The Kier molecular flexibility index (Phi) is 4.14. The predicted molar refractivity (Wildman–Crippen MR) is 45.2 cm³/mol. The van der Waals surface area contributed by atoms with Crippen LogP contribution in [0.4, 0.5) is 0 Å². The van der Waals surface area contributed by atoms with E-state index in [1.807, 2.05) is 0 Å². The summed E-state index contributed by atoms with van der Waals surface area (Å²) < 4.78 is 5.09. The van der Waals surface area contributed by atoms with Crippen molar-refractivity contribution in [1.82, 2.24) is 9.97 Å². The Morgan fingerprint density at radius 2 is 2.08 bits per heavy atom. The van der Waals surface area contributed by atoms with E-state index in [0.717, 1.165) is 0 Å². The van der Waals surface area contributed by atoms with Gasteiger partial charge in [-0.25, -0.2) is 9.97 Å². The number of nitrogens with zero attached hydrogens (tertiary/aromatic N) is 2. The predicted octanol–water partition coefficient (Wildman–Crippen LogP) is -0.401. The average molecular weight is 184 g/mol. The summed E-state index contributed by atoms with van der Waals surface area (Å²) in [5.41, 5.74) is 0. The summed E-state index contributed by atoms with van der Waals surface area (Å²) in [5.74, 6) is 0. The molecule has 1 rings (SSSR count). The fourth-order valence-corrected chi connectivity index (χ4v) is 0.737. The fraction of sp³-hybridized carbons (Fsp3) is 0.500. The van der Waals surface area contributed by atoms with Crippen molar-refractivity contribution < 1.29 is 14.9 Å². The molecule has 0 aromatic carbocycles. The van der Waals surface area contributed by atoms with Crippen LogP contribution in [0.5, 0.6) is 6.01 Å². The van der Waals surface area contributed by atoms with Gasteiger partial charge in [-0.3, -0.25) is 0 Å². The molecule has 0 fully saturated rings. The van der Waals surface area contributed by atoms with Crippen LogP contribution in [0.3, 0.4) is 0 Å². The first-order valence-electron chi connectivity index (χ1n) is 4.01. The van der Waals surface area contributed by atoms with Crippen LogP contribution in [0.1, 0.15) is 6.42 Å². The first kappa shape index (κ1) is 9.88. The Morgan fingerprint density at radius 1 is 1.38 bits per heavy atom. The van der Waals surface area contributed by atoms with E-state index in [0.29, 0.717) is 13.0 Å².